The first-order valence-electron chi connectivity index (χ1n) is 6.03. The van der Waals surface area contributed by atoms with Crippen LogP contribution >= 0.6 is 15.9 Å². The van der Waals surface area contributed by atoms with Crippen LogP contribution in [0.1, 0.15) is 5.56 Å². The first kappa shape index (κ1) is 15.2. The zero-order valence-electron chi connectivity index (χ0n) is 11.4. The molecule has 7 N–H and O–H groups in total. The van der Waals surface area contributed by atoms with E-state index < -0.39 is 0 Å². The first-order valence-corrected chi connectivity index (χ1v) is 6.82. The molecule has 0 aliphatic heterocycles. The molecule has 0 radical (unpaired) electrons. The second kappa shape index (κ2) is 6.51. The summed E-state index contributed by atoms with van der Waals surface area (Å²) < 4.78 is 11.9. The molecule has 0 fully saturated rings. The zero-order valence-corrected chi connectivity index (χ0v) is 13.0. The molecular formula is C13H16BrN5O2. The summed E-state index contributed by atoms with van der Waals surface area (Å²) >= 11 is 3.41. The fraction of sp³-hybridized carbons (Fsp3) is 0.154. The summed E-state index contributed by atoms with van der Waals surface area (Å²) in [5.41, 5.74) is 15.1. The van der Waals surface area contributed by atoms with E-state index in [1.165, 1.54) is 0 Å². The lowest BCUT2D eigenvalue weighted by molar-refractivity contribution is 0.298. The molecule has 7 nitrogen and oxygen atoms in total. The Morgan fingerprint density at radius 2 is 2.00 bits per heavy atom. The number of nitrogen functional groups attached to an aromatic ring is 3. The van der Waals surface area contributed by atoms with Crippen LogP contribution in [0.15, 0.2) is 28.7 Å². The molecule has 21 heavy (non-hydrogen) atoms. The van der Waals surface area contributed by atoms with Crippen molar-refractivity contribution in [3.8, 4) is 11.5 Å². The second-order valence-corrected chi connectivity index (χ2v) is 5.11. The van der Waals surface area contributed by atoms with Gasteiger partial charge >= 0.3 is 0 Å². The van der Waals surface area contributed by atoms with Crippen molar-refractivity contribution in [2.45, 2.75) is 6.61 Å². The van der Waals surface area contributed by atoms with E-state index in [-0.39, 0.29) is 18.2 Å². The van der Waals surface area contributed by atoms with Crippen molar-refractivity contribution in [2.24, 2.45) is 5.84 Å². The van der Waals surface area contributed by atoms with Gasteiger partial charge in [-0.1, -0.05) is 15.9 Å². The standard InChI is InChI=1S/C13H16BrN5O2/c1-20-9-3-2-8(14)4-7(9)6-21-10-5-11(15)18-13(19-17)12(10)16/h2-5H,6,16-17H2,1H3,(H3,15,18,19). The third kappa shape index (κ3) is 3.47. The van der Waals surface area contributed by atoms with E-state index in [2.05, 4.69) is 26.3 Å². The lowest BCUT2D eigenvalue weighted by Crippen LogP contribution is -2.13. The van der Waals surface area contributed by atoms with Crippen molar-refractivity contribution >= 4 is 33.3 Å². The zero-order chi connectivity index (χ0) is 15.4. The molecular weight excluding hydrogens is 338 g/mol. The summed E-state index contributed by atoms with van der Waals surface area (Å²) in [7, 11) is 1.60. The maximum absolute atomic E-state index is 5.90. The Morgan fingerprint density at radius 3 is 2.67 bits per heavy atom. The maximum Gasteiger partial charge on any atom is 0.169 e. The van der Waals surface area contributed by atoms with Crippen LogP contribution < -0.4 is 32.2 Å². The smallest absolute Gasteiger partial charge is 0.169 e. The van der Waals surface area contributed by atoms with Crippen LogP contribution in [0.5, 0.6) is 11.5 Å². The SMILES string of the molecule is COc1ccc(Br)cc1COc1cc(N)nc(NN)c1N. The van der Waals surface area contributed by atoms with Gasteiger partial charge in [-0.05, 0) is 18.2 Å². The number of hydrazine groups is 1. The normalized spacial score (nSPS) is 10.2. The van der Waals surface area contributed by atoms with Gasteiger partial charge in [0.15, 0.2) is 5.82 Å². The second-order valence-electron chi connectivity index (χ2n) is 4.20. The molecule has 2 rings (SSSR count). The van der Waals surface area contributed by atoms with Gasteiger partial charge in [0.1, 0.15) is 29.6 Å². The molecule has 112 valence electrons. The predicted molar refractivity (Wildman–Crippen MR) is 85.9 cm³/mol. The number of methoxy groups -OCH3 is 1. The van der Waals surface area contributed by atoms with Gasteiger partial charge in [0, 0.05) is 16.1 Å². The molecule has 8 heteroatoms. The lowest BCUT2D eigenvalue weighted by Gasteiger charge is -2.14. The predicted octanol–water partition coefficient (Wildman–Crippen LogP) is 1.88. The maximum atomic E-state index is 5.90. The summed E-state index contributed by atoms with van der Waals surface area (Å²) in [6.07, 6.45) is 0. The number of nitrogens with one attached hydrogen (secondary N) is 1. The molecule has 1 aromatic heterocycles. The van der Waals surface area contributed by atoms with E-state index in [0.717, 1.165) is 15.8 Å². The van der Waals surface area contributed by atoms with Gasteiger partial charge < -0.3 is 26.4 Å². The number of pyridine rings is 1. The highest BCUT2D eigenvalue weighted by Gasteiger charge is 2.11. The number of hydrogen-bond acceptors (Lipinski definition) is 7. The highest BCUT2D eigenvalue weighted by Crippen LogP contribution is 2.31. The van der Waals surface area contributed by atoms with Gasteiger partial charge in [0.2, 0.25) is 0 Å². The van der Waals surface area contributed by atoms with Crippen LogP contribution in [-0.2, 0) is 6.61 Å². The number of nitrogens with zero attached hydrogens (tertiary/aromatic N) is 1. The van der Waals surface area contributed by atoms with Crippen molar-refractivity contribution in [1.29, 1.82) is 0 Å². The van der Waals surface area contributed by atoms with E-state index in [1.54, 1.807) is 13.2 Å². The summed E-state index contributed by atoms with van der Waals surface area (Å²) in [4.78, 5) is 3.96. The number of halogens is 1. The van der Waals surface area contributed by atoms with Crippen molar-refractivity contribution in [2.75, 3.05) is 24.0 Å². The molecule has 0 bridgehead atoms. The molecule has 1 heterocycles. The van der Waals surface area contributed by atoms with E-state index >= 15 is 0 Å². The largest absolute Gasteiger partial charge is 0.496 e. The molecule has 0 amide bonds. The monoisotopic (exact) mass is 353 g/mol. The number of rotatable bonds is 5. The van der Waals surface area contributed by atoms with E-state index in [0.29, 0.717) is 11.4 Å². The lowest BCUT2D eigenvalue weighted by atomic mass is 10.2. The Bertz CT molecular complexity index is 651. The van der Waals surface area contributed by atoms with Gasteiger partial charge in [-0.15, -0.1) is 0 Å². The number of anilines is 3. The van der Waals surface area contributed by atoms with E-state index in [4.69, 9.17) is 26.8 Å². The van der Waals surface area contributed by atoms with Gasteiger partial charge in [-0.3, -0.25) is 0 Å². The summed E-state index contributed by atoms with van der Waals surface area (Å²) in [6.45, 7) is 0.264. The quantitative estimate of drug-likeness (QED) is 0.478. The third-order valence-electron chi connectivity index (χ3n) is 2.80. The summed E-state index contributed by atoms with van der Waals surface area (Å²) in [6, 6.07) is 7.18. The Morgan fingerprint density at radius 1 is 1.24 bits per heavy atom. The molecule has 0 unspecified atom stereocenters. The first-order chi connectivity index (χ1) is 10.0. The molecule has 0 saturated carbocycles. The number of nitrogens with two attached hydrogens (primary N) is 3. The number of ether oxygens (including phenoxy) is 2. The Labute approximate surface area is 130 Å². The van der Waals surface area contributed by atoms with E-state index in [9.17, 15) is 0 Å². The van der Waals surface area contributed by atoms with Crippen molar-refractivity contribution in [3.05, 3.63) is 34.3 Å². The third-order valence-corrected chi connectivity index (χ3v) is 3.30. The van der Waals surface area contributed by atoms with Crippen molar-refractivity contribution in [3.63, 3.8) is 0 Å². The molecule has 1 aromatic carbocycles. The minimum Gasteiger partial charge on any atom is -0.496 e. The molecule has 2 aromatic rings. The number of aromatic nitrogens is 1. The summed E-state index contributed by atoms with van der Waals surface area (Å²) in [5, 5.41) is 0. The van der Waals surface area contributed by atoms with Gasteiger partial charge in [0.25, 0.3) is 0 Å². The van der Waals surface area contributed by atoms with Crippen LogP contribution in [0.3, 0.4) is 0 Å². The average molecular weight is 354 g/mol. The molecule has 0 aliphatic rings. The van der Waals surface area contributed by atoms with E-state index in [1.807, 2.05) is 18.2 Å². The van der Waals surface area contributed by atoms with Gasteiger partial charge in [-0.25, -0.2) is 10.8 Å². The Kier molecular flexibility index (Phi) is 4.71. The molecule has 0 spiro atoms. The highest BCUT2D eigenvalue weighted by molar-refractivity contribution is 9.10. The highest BCUT2D eigenvalue weighted by atomic mass is 79.9. The van der Waals surface area contributed by atoms with Crippen LogP contribution in [0.2, 0.25) is 0 Å². The molecule has 0 saturated heterocycles. The van der Waals surface area contributed by atoms with Crippen molar-refractivity contribution in [1.82, 2.24) is 4.98 Å². The van der Waals surface area contributed by atoms with Crippen LogP contribution in [0.4, 0.5) is 17.3 Å². The van der Waals surface area contributed by atoms with Gasteiger partial charge in [-0.2, -0.15) is 0 Å². The minimum atomic E-state index is 0.258. The Hall–Kier alpha value is -2.19. The molecule has 0 aliphatic carbocycles. The van der Waals surface area contributed by atoms with Gasteiger partial charge in [0.05, 0.1) is 7.11 Å². The minimum absolute atomic E-state index is 0.258. The fourth-order valence-electron chi connectivity index (χ4n) is 1.80. The van der Waals surface area contributed by atoms with Crippen LogP contribution in [0, 0.1) is 0 Å². The Balaban J connectivity index is 2.24. The fourth-order valence-corrected chi connectivity index (χ4v) is 2.20. The van der Waals surface area contributed by atoms with Crippen molar-refractivity contribution < 1.29 is 9.47 Å². The average Bonchev–Trinajstić information content (AvgIpc) is 2.47. The topological polar surface area (TPSA) is 121 Å². The molecule has 0 atom stereocenters. The van der Waals surface area contributed by atoms with Crippen LogP contribution in [0.25, 0.3) is 0 Å². The summed E-state index contributed by atoms with van der Waals surface area (Å²) in [5.74, 6) is 6.98. The van der Waals surface area contributed by atoms with Crippen LogP contribution in [-0.4, -0.2) is 12.1 Å². The number of benzene rings is 1. The number of hydrogen-bond donors (Lipinski definition) is 4.